The van der Waals surface area contributed by atoms with Gasteiger partial charge < -0.3 is 10.6 Å². The average molecular weight is 375 g/mol. The van der Waals surface area contributed by atoms with Gasteiger partial charge in [-0.1, -0.05) is 28.1 Å². The monoisotopic (exact) mass is 374 g/mol. The van der Waals surface area contributed by atoms with E-state index in [0.29, 0.717) is 11.3 Å². The molecular weight excluding hydrogens is 356 g/mol. The molecule has 2 N–H and O–H groups in total. The molecule has 0 saturated heterocycles. The van der Waals surface area contributed by atoms with Gasteiger partial charge in [0.25, 0.3) is 0 Å². The summed E-state index contributed by atoms with van der Waals surface area (Å²) in [5.41, 5.74) is 2.43. The van der Waals surface area contributed by atoms with Crippen molar-refractivity contribution in [2.24, 2.45) is 0 Å². The van der Waals surface area contributed by atoms with E-state index in [1.165, 1.54) is 6.92 Å². The molecule has 120 valence electrons. The molecule has 1 amide bonds. The molecule has 0 bridgehead atoms. The highest BCUT2D eigenvalue weighted by Crippen LogP contribution is 2.16. The number of carbonyl (C=O) groups excluding carboxylic acids is 2. The van der Waals surface area contributed by atoms with E-state index in [1.54, 1.807) is 24.3 Å². The van der Waals surface area contributed by atoms with Crippen molar-refractivity contribution >= 4 is 33.3 Å². The van der Waals surface area contributed by atoms with Crippen LogP contribution in [0, 0.1) is 0 Å². The third-order valence-corrected chi connectivity index (χ3v) is 4.04. The third kappa shape index (κ3) is 5.30. The summed E-state index contributed by atoms with van der Waals surface area (Å²) in [6.07, 6.45) is 0. The third-order valence-electron chi connectivity index (χ3n) is 3.51. The number of anilines is 1. The molecule has 0 aliphatic carbocycles. The molecule has 0 aliphatic rings. The number of hydrogen-bond acceptors (Lipinski definition) is 3. The lowest BCUT2D eigenvalue weighted by Crippen LogP contribution is -2.30. The number of benzene rings is 2. The zero-order chi connectivity index (χ0) is 16.8. The van der Waals surface area contributed by atoms with E-state index in [4.69, 9.17) is 0 Å². The summed E-state index contributed by atoms with van der Waals surface area (Å²) >= 11 is 3.40. The van der Waals surface area contributed by atoms with Crippen LogP contribution in [0.5, 0.6) is 0 Å². The first-order valence-electron chi connectivity index (χ1n) is 7.35. The van der Waals surface area contributed by atoms with Crippen LogP contribution < -0.4 is 10.6 Å². The zero-order valence-corrected chi connectivity index (χ0v) is 14.7. The zero-order valence-electron chi connectivity index (χ0n) is 13.1. The summed E-state index contributed by atoms with van der Waals surface area (Å²) in [7, 11) is 0. The number of nitrogens with one attached hydrogen (secondary N) is 2. The first-order chi connectivity index (χ1) is 11.0. The van der Waals surface area contributed by atoms with Crippen LogP contribution in [0.15, 0.2) is 53.0 Å². The lowest BCUT2D eigenvalue weighted by molar-refractivity contribution is -0.115. The molecule has 5 heteroatoms. The van der Waals surface area contributed by atoms with Gasteiger partial charge in [0.1, 0.15) is 0 Å². The van der Waals surface area contributed by atoms with Crippen LogP contribution >= 0.6 is 15.9 Å². The number of Topliss-reactive ketones (excluding diaryl/α,β-unsaturated/α-hetero) is 1. The fourth-order valence-electron chi connectivity index (χ4n) is 2.11. The van der Waals surface area contributed by atoms with Crippen molar-refractivity contribution in [3.8, 4) is 0 Å². The number of ketones is 1. The van der Waals surface area contributed by atoms with Crippen LogP contribution in [0.4, 0.5) is 5.69 Å². The molecular formula is C18H19BrN2O2. The van der Waals surface area contributed by atoms with E-state index >= 15 is 0 Å². The normalized spacial score (nSPS) is 11.8. The van der Waals surface area contributed by atoms with Crippen molar-refractivity contribution in [3.05, 3.63) is 64.1 Å². The van der Waals surface area contributed by atoms with Gasteiger partial charge >= 0.3 is 0 Å². The minimum absolute atomic E-state index is 0.00728. The fourth-order valence-corrected chi connectivity index (χ4v) is 2.37. The molecule has 0 heterocycles. The Morgan fingerprint density at radius 1 is 1.04 bits per heavy atom. The SMILES string of the molecule is CC(=O)c1ccc(NC(=O)CNC(C)c2ccc(Br)cc2)cc1. The van der Waals surface area contributed by atoms with Gasteiger partial charge in [-0.05, 0) is 55.8 Å². The second-order valence-electron chi connectivity index (χ2n) is 5.34. The second kappa shape index (κ2) is 8.04. The van der Waals surface area contributed by atoms with E-state index in [9.17, 15) is 9.59 Å². The van der Waals surface area contributed by atoms with Crippen LogP contribution in [0.1, 0.15) is 35.8 Å². The number of carbonyl (C=O) groups is 2. The first-order valence-corrected chi connectivity index (χ1v) is 8.14. The summed E-state index contributed by atoms with van der Waals surface area (Å²) in [5, 5.41) is 5.99. The molecule has 0 spiro atoms. The number of amides is 1. The largest absolute Gasteiger partial charge is 0.325 e. The highest BCUT2D eigenvalue weighted by molar-refractivity contribution is 9.10. The van der Waals surface area contributed by atoms with Gasteiger partial charge in [-0.2, -0.15) is 0 Å². The molecule has 0 saturated carbocycles. The van der Waals surface area contributed by atoms with E-state index in [1.807, 2.05) is 31.2 Å². The molecule has 0 aliphatic heterocycles. The molecule has 2 rings (SSSR count). The Kier molecular flexibility index (Phi) is 6.07. The Morgan fingerprint density at radius 3 is 2.22 bits per heavy atom. The Hall–Kier alpha value is -1.98. The van der Waals surface area contributed by atoms with Crippen LogP contribution in [0.2, 0.25) is 0 Å². The van der Waals surface area contributed by atoms with Gasteiger partial charge in [0.05, 0.1) is 6.54 Å². The van der Waals surface area contributed by atoms with Crippen LogP contribution in [-0.2, 0) is 4.79 Å². The van der Waals surface area contributed by atoms with Crippen LogP contribution in [0.3, 0.4) is 0 Å². The van der Waals surface area contributed by atoms with Crippen molar-refractivity contribution < 1.29 is 9.59 Å². The topological polar surface area (TPSA) is 58.2 Å². The van der Waals surface area contributed by atoms with Crippen LogP contribution in [-0.4, -0.2) is 18.2 Å². The number of halogens is 1. The van der Waals surface area contributed by atoms with Gasteiger partial charge in [-0.25, -0.2) is 0 Å². The van der Waals surface area contributed by atoms with Gasteiger partial charge in [-0.3, -0.25) is 9.59 Å². The standard InChI is InChI=1S/C18H19BrN2O2/c1-12(14-3-7-16(19)8-4-14)20-11-18(23)21-17-9-5-15(6-10-17)13(2)22/h3-10,12,20H,11H2,1-2H3,(H,21,23). The lowest BCUT2D eigenvalue weighted by Gasteiger charge is -2.14. The predicted molar refractivity (Wildman–Crippen MR) is 95.6 cm³/mol. The fraction of sp³-hybridized carbons (Fsp3) is 0.222. The van der Waals surface area contributed by atoms with E-state index in [-0.39, 0.29) is 24.3 Å². The molecule has 0 radical (unpaired) electrons. The molecule has 0 fully saturated rings. The molecule has 2 aromatic rings. The molecule has 1 unspecified atom stereocenters. The highest BCUT2D eigenvalue weighted by atomic mass is 79.9. The maximum atomic E-state index is 12.0. The smallest absolute Gasteiger partial charge is 0.238 e. The van der Waals surface area contributed by atoms with Crippen molar-refractivity contribution in [2.75, 3.05) is 11.9 Å². The second-order valence-corrected chi connectivity index (χ2v) is 6.25. The molecule has 23 heavy (non-hydrogen) atoms. The summed E-state index contributed by atoms with van der Waals surface area (Å²) < 4.78 is 1.03. The van der Waals surface area contributed by atoms with Crippen molar-refractivity contribution in [2.45, 2.75) is 19.9 Å². The Morgan fingerprint density at radius 2 is 1.65 bits per heavy atom. The molecule has 1 atom stereocenters. The van der Waals surface area contributed by atoms with Gasteiger partial charge in [0.2, 0.25) is 5.91 Å². The Bertz CT molecular complexity index is 681. The van der Waals surface area contributed by atoms with Crippen LogP contribution in [0.25, 0.3) is 0 Å². The maximum Gasteiger partial charge on any atom is 0.238 e. The Balaban J connectivity index is 1.84. The lowest BCUT2D eigenvalue weighted by atomic mass is 10.1. The average Bonchev–Trinajstić information content (AvgIpc) is 2.54. The van der Waals surface area contributed by atoms with Gasteiger partial charge in [0, 0.05) is 21.8 Å². The van der Waals surface area contributed by atoms with Crippen molar-refractivity contribution in [1.82, 2.24) is 5.32 Å². The summed E-state index contributed by atoms with van der Waals surface area (Å²) in [5.74, 6) is -0.114. The summed E-state index contributed by atoms with van der Waals surface area (Å²) in [4.78, 5) is 23.2. The van der Waals surface area contributed by atoms with E-state index in [0.717, 1.165) is 10.0 Å². The van der Waals surface area contributed by atoms with Gasteiger partial charge in [-0.15, -0.1) is 0 Å². The van der Waals surface area contributed by atoms with E-state index < -0.39 is 0 Å². The number of hydrogen-bond donors (Lipinski definition) is 2. The highest BCUT2D eigenvalue weighted by Gasteiger charge is 2.08. The first kappa shape index (κ1) is 17.4. The summed E-state index contributed by atoms with van der Waals surface area (Å²) in [6, 6.07) is 14.9. The summed E-state index contributed by atoms with van der Waals surface area (Å²) in [6.45, 7) is 3.74. The van der Waals surface area contributed by atoms with Crippen molar-refractivity contribution in [3.63, 3.8) is 0 Å². The quantitative estimate of drug-likeness (QED) is 0.752. The molecule has 2 aromatic carbocycles. The maximum absolute atomic E-state index is 12.0. The Labute approximate surface area is 144 Å². The minimum Gasteiger partial charge on any atom is -0.325 e. The predicted octanol–water partition coefficient (Wildman–Crippen LogP) is 3.94. The molecule has 4 nitrogen and oxygen atoms in total. The van der Waals surface area contributed by atoms with E-state index in [2.05, 4.69) is 26.6 Å². The van der Waals surface area contributed by atoms with Gasteiger partial charge in [0.15, 0.2) is 5.78 Å². The molecule has 0 aromatic heterocycles. The minimum atomic E-state index is -0.121. The number of rotatable bonds is 6. The van der Waals surface area contributed by atoms with Crippen molar-refractivity contribution in [1.29, 1.82) is 0 Å².